The van der Waals surface area contributed by atoms with Gasteiger partial charge in [0.1, 0.15) is 0 Å². The van der Waals surface area contributed by atoms with Gasteiger partial charge in [-0.05, 0) is 18.2 Å². The van der Waals surface area contributed by atoms with Crippen LogP contribution in [0.4, 0.5) is 11.4 Å². The van der Waals surface area contributed by atoms with Crippen molar-refractivity contribution in [1.82, 2.24) is 0 Å². The van der Waals surface area contributed by atoms with Crippen molar-refractivity contribution in [2.24, 2.45) is 0 Å². The normalized spacial score (nSPS) is 10.0. The van der Waals surface area contributed by atoms with Crippen molar-refractivity contribution in [2.45, 2.75) is 6.92 Å². The van der Waals surface area contributed by atoms with Crippen molar-refractivity contribution < 1.29 is 27.3 Å². The molecular formula is C17H15ClN2O2. The third-order valence-electron chi connectivity index (χ3n) is 3.34. The third kappa shape index (κ3) is 3.02. The number of pyridine rings is 1. The average molecular weight is 315 g/mol. The molecule has 0 fully saturated rings. The van der Waals surface area contributed by atoms with Crippen LogP contribution in [0.2, 0.25) is 0 Å². The Balaban J connectivity index is 0.00000176. The summed E-state index contributed by atoms with van der Waals surface area (Å²) in [5.41, 5.74) is 3.74. The van der Waals surface area contributed by atoms with Crippen molar-refractivity contribution in [2.75, 3.05) is 5.32 Å². The summed E-state index contributed by atoms with van der Waals surface area (Å²) in [5.74, 6) is -0.943. The summed E-state index contributed by atoms with van der Waals surface area (Å²) in [6, 6.07) is 16.8. The van der Waals surface area contributed by atoms with Crippen LogP contribution in [0, 0.1) is 6.92 Å². The average Bonchev–Trinajstić information content (AvgIpc) is 2.47. The maximum Gasteiger partial charge on any atom is 0.337 e. The molecule has 22 heavy (non-hydrogen) atoms. The third-order valence-corrected chi connectivity index (χ3v) is 3.34. The van der Waals surface area contributed by atoms with Gasteiger partial charge in [0.15, 0.2) is 5.69 Å². The van der Waals surface area contributed by atoms with Gasteiger partial charge in [-0.15, -0.1) is 0 Å². The highest BCUT2D eigenvalue weighted by Gasteiger charge is 2.13. The fourth-order valence-corrected chi connectivity index (χ4v) is 2.40. The first kappa shape index (κ1) is 15.8. The number of halogens is 1. The molecular weight excluding hydrogens is 300 g/mol. The zero-order chi connectivity index (χ0) is 14.8. The highest BCUT2D eigenvalue weighted by Crippen LogP contribution is 2.26. The molecule has 0 aliphatic heterocycles. The summed E-state index contributed by atoms with van der Waals surface area (Å²) >= 11 is 0. The smallest absolute Gasteiger partial charge is 0.337 e. The number of aromatic nitrogens is 1. The van der Waals surface area contributed by atoms with Crippen LogP contribution in [0.1, 0.15) is 16.1 Å². The second-order valence-electron chi connectivity index (χ2n) is 4.89. The molecule has 0 spiro atoms. The van der Waals surface area contributed by atoms with Crippen LogP contribution in [-0.2, 0) is 0 Å². The zero-order valence-corrected chi connectivity index (χ0v) is 12.7. The minimum atomic E-state index is -0.943. The fourth-order valence-electron chi connectivity index (χ4n) is 2.40. The number of hydrogen-bond acceptors (Lipinski definition) is 2. The molecule has 2 aromatic carbocycles. The molecule has 0 amide bonds. The van der Waals surface area contributed by atoms with E-state index in [1.165, 1.54) is 0 Å². The van der Waals surface area contributed by atoms with Gasteiger partial charge in [0, 0.05) is 19.1 Å². The Morgan fingerprint density at radius 3 is 2.50 bits per heavy atom. The molecule has 3 N–H and O–H groups in total. The number of fused-ring (bicyclic) bond motifs is 1. The van der Waals surface area contributed by atoms with E-state index in [2.05, 4.69) is 10.3 Å². The molecule has 3 aromatic rings. The van der Waals surface area contributed by atoms with Crippen LogP contribution in [-0.4, -0.2) is 11.1 Å². The number of para-hydroxylation sites is 2. The molecule has 0 saturated heterocycles. The van der Waals surface area contributed by atoms with Crippen LogP contribution in [0.3, 0.4) is 0 Å². The van der Waals surface area contributed by atoms with Gasteiger partial charge in [-0.25, -0.2) is 9.78 Å². The largest absolute Gasteiger partial charge is 1.00 e. The van der Waals surface area contributed by atoms with E-state index in [0.717, 1.165) is 22.3 Å². The molecule has 0 atom stereocenters. The number of carbonyl (C=O) groups is 1. The van der Waals surface area contributed by atoms with Gasteiger partial charge in [0.05, 0.1) is 22.3 Å². The van der Waals surface area contributed by atoms with Crippen molar-refractivity contribution in [3.05, 3.63) is 65.9 Å². The molecule has 1 aromatic heterocycles. The van der Waals surface area contributed by atoms with Crippen molar-refractivity contribution in [3.63, 3.8) is 0 Å². The number of nitrogens with one attached hydrogen (secondary N) is 2. The lowest BCUT2D eigenvalue weighted by Crippen LogP contribution is -3.00. The summed E-state index contributed by atoms with van der Waals surface area (Å²) in [5, 5.41) is 13.5. The molecule has 3 rings (SSSR count). The van der Waals surface area contributed by atoms with Gasteiger partial charge in [0.2, 0.25) is 5.52 Å². The molecule has 0 unspecified atom stereocenters. The fraction of sp³-hybridized carbons (Fsp3) is 0.0588. The number of carboxylic acids is 1. The predicted octanol–water partition coefficient (Wildman–Crippen LogP) is 0.408. The van der Waals surface area contributed by atoms with E-state index in [-0.39, 0.29) is 18.0 Å². The Bertz CT molecular complexity index is 834. The number of benzene rings is 2. The maximum atomic E-state index is 11.3. The number of rotatable bonds is 3. The van der Waals surface area contributed by atoms with Gasteiger partial charge in [-0.3, -0.25) is 0 Å². The number of carboxylic acid groups (broad SMARTS) is 1. The van der Waals surface area contributed by atoms with E-state index in [9.17, 15) is 9.90 Å². The first-order chi connectivity index (χ1) is 10.1. The summed E-state index contributed by atoms with van der Waals surface area (Å²) in [6.07, 6.45) is 0. The van der Waals surface area contributed by atoms with E-state index >= 15 is 0 Å². The van der Waals surface area contributed by atoms with Crippen LogP contribution < -0.4 is 22.7 Å². The van der Waals surface area contributed by atoms with Crippen LogP contribution in [0.5, 0.6) is 0 Å². The van der Waals surface area contributed by atoms with Crippen LogP contribution in [0.15, 0.2) is 54.6 Å². The summed E-state index contributed by atoms with van der Waals surface area (Å²) < 4.78 is 0. The molecule has 5 heteroatoms. The van der Waals surface area contributed by atoms with E-state index in [1.807, 2.05) is 43.3 Å². The molecule has 0 bridgehead atoms. The maximum absolute atomic E-state index is 11.3. The molecule has 0 saturated carbocycles. The lowest BCUT2D eigenvalue weighted by atomic mass is 10.1. The second kappa shape index (κ2) is 6.45. The Labute approximate surface area is 134 Å². The number of hydrogen-bond donors (Lipinski definition) is 2. The second-order valence-corrected chi connectivity index (χ2v) is 4.89. The minimum Gasteiger partial charge on any atom is -1.00 e. The number of aromatic amines is 1. The minimum absolute atomic E-state index is 0. The summed E-state index contributed by atoms with van der Waals surface area (Å²) in [6.45, 7) is 1.97. The SMILES string of the molecule is Cc1cc(Nc2ccccc2C(=O)O)c2ccccc2[nH+]1.[Cl-]. The van der Waals surface area contributed by atoms with Crippen molar-refractivity contribution in [1.29, 1.82) is 0 Å². The van der Waals surface area contributed by atoms with E-state index in [4.69, 9.17) is 0 Å². The number of aryl methyl sites for hydroxylation is 1. The topological polar surface area (TPSA) is 63.5 Å². The summed E-state index contributed by atoms with van der Waals surface area (Å²) in [7, 11) is 0. The molecule has 1 heterocycles. The highest BCUT2D eigenvalue weighted by atomic mass is 35.5. The quantitative estimate of drug-likeness (QED) is 0.736. The van der Waals surface area contributed by atoms with Gasteiger partial charge in [0.25, 0.3) is 0 Å². The molecule has 0 radical (unpaired) electrons. The lowest BCUT2D eigenvalue weighted by Gasteiger charge is -2.10. The zero-order valence-electron chi connectivity index (χ0n) is 11.9. The number of H-pyrrole nitrogens is 1. The highest BCUT2D eigenvalue weighted by molar-refractivity contribution is 5.98. The monoisotopic (exact) mass is 314 g/mol. The van der Waals surface area contributed by atoms with Crippen LogP contribution >= 0.6 is 0 Å². The van der Waals surface area contributed by atoms with Crippen LogP contribution in [0.25, 0.3) is 10.9 Å². The first-order valence-corrected chi connectivity index (χ1v) is 6.66. The van der Waals surface area contributed by atoms with Gasteiger partial charge in [-0.1, -0.05) is 24.3 Å². The Morgan fingerprint density at radius 1 is 1.05 bits per heavy atom. The first-order valence-electron chi connectivity index (χ1n) is 6.66. The number of anilines is 2. The van der Waals surface area contributed by atoms with Crippen molar-refractivity contribution in [3.8, 4) is 0 Å². The molecule has 0 aliphatic rings. The Hall–Kier alpha value is -2.59. The van der Waals surface area contributed by atoms with E-state index < -0.39 is 5.97 Å². The molecule has 0 aliphatic carbocycles. The lowest BCUT2D eigenvalue weighted by molar-refractivity contribution is -0.354. The Morgan fingerprint density at radius 2 is 1.73 bits per heavy atom. The molecule has 112 valence electrons. The Kier molecular flexibility index (Phi) is 4.63. The van der Waals surface area contributed by atoms with E-state index in [1.54, 1.807) is 18.2 Å². The standard InChI is InChI=1S/C17H14N2O2.ClH/c1-11-10-16(12-6-2-4-8-14(12)18-11)19-15-9-5-3-7-13(15)17(20)21;/h2-10H,1H3,(H,18,19)(H,20,21);1H. The molecule has 4 nitrogen and oxygen atoms in total. The number of aromatic carboxylic acids is 1. The van der Waals surface area contributed by atoms with Gasteiger partial charge < -0.3 is 22.8 Å². The summed E-state index contributed by atoms with van der Waals surface area (Å²) in [4.78, 5) is 14.6. The predicted molar refractivity (Wildman–Crippen MR) is 81.9 cm³/mol. The van der Waals surface area contributed by atoms with Crippen molar-refractivity contribution >= 4 is 28.2 Å². The van der Waals surface area contributed by atoms with Gasteiger partial charge in [-0.2, -0.15) is 0 Å². The van der Waals surface area contributed by atoms with E-state index in [0.29, 0.717) is 5.69 Å². The van der Waals surface area contributed by atoms with Gasteiger partial charge >= 0.3 is 5.97 Å².